The van der Waals surface area contributed by atoms with Crippen molar-refractivity contribution < 1.29 is 9.59 Å². The van der Waals surface area contributed by atoms with E-state index < -0.39 is 17.7 Å². The van der Waals surface area contributed by atoms with Crippen LogP contribution in [0.1, 0.15) is 26.3 Å². The molecular weight excluding hydrogens is 394 g/mol. The quantitative estimate of drug-likeness (QED) is 0.460. The lowest BCUT2D eigenvalue weighted by atomic mass is 9.87. The molecule has 0 bridgehead atoms. The zero-order valence-corrected chi connectivity index (χ0v) is 17.3. The second kappa shape index (κ2) is 7.81. The van der Waals surface area contributed by atoms with E-state index in [0.717, 1.165) is 0 Å². The Bertz CT molecular complexity index is 947. The largest absolute Gasteiger partial charge is 0.301 e. The summed E-state index contributed by atoms with van der Waals surface area (Å²) in [6.07, 6.45) is 1.36. The third kappa shape index (κ3) is 4.29. The van der Waals surface area contributed by atoms with Crippen molar-refractivity contribution in [2.45, 2.75) is 26.2 Å². The molecule has 1 N–H and O–H groups in total. The number of nitrogens with one attached hydrogen (secondary N) is 1. The maximum absolute atomic E-state index is 12.9. The highest BCUT2D eigenvalue weighted by Crippen LogP contribution is 2.25. The zero-order chi connectivity index (χ0) is 20.5. The second-order valence-corrected chi connectivity index (χ2v) is 8.32. The first-order valence-corrected chi connectivity index (χ1v) is 9.54. The SMILES string of the molecule is CC(C)(C)c1ccc(N=C[C@@H]2C(=O)NC(=S)N(c3ccc(Cl)cc3)C2=O)cc1. The molecule has 0 spiro atoms. The molecule has 1 aliphatic heterocycles. The molecule has 1 atom stereocenters. The van der Waals surface area contributed by atoms with Gasteiger partial charge in [-0.05, 0) is 59.6 Å². The molecule has 1 aliphatic rings. The number of hydrogen-bond acceptors (Lipinski definition) is 4. The molecule has 1 fully saturated rings. The Balaban J connectivity index is 1.83. The highest BCUT2D eigenvalue weighted by atomic mass is 35.5. The molecule has 1 heterocycles. The predicted molar refractivity (Wildman–Crippen MR) is 116 cm³/mol. The van der Waals surface area contributed by atoms with Crippen molar-refractivity contribution in [1.29, 1.82) is 0 Å². The number of rotatable bonds is 3. The van der Waals surface area contributed by atoms with Crippen LogP contribution in [0.2, 0.25) is 5.02 Å². The molecule has 0 saturated carbocycles. The van der Waals surface area contributed by atoms with E-state index in [1.54, 1.807) is 24.3 Å². The Morgan fingerprint density at radius 1 is 1.07 bits per heavy atom. The summed E-state index contributed by atoms with van der Waals surface area (Å²) in [5.74, 6) is -2.01. The van der Waals surface area contributed by atoms with Gasteiger partial charge >= 0.3 is 0 Å². The van der Waals surface area contributed by atoms with E-state index in [0.29, 0.717) is 16.4 Å². The second-order valence-electron chi connectivity index (χ2n) is 7.50. The van der Waals surface area contributed by atoms with Crippen LogP contribution < -0.4 is 10.2 Å². The lowest BCUT2D eigenvalue weighted by Crippen LogP contribution is -2.58. The molecule has 0 aliphatic carbocycles. The van der Waals surface area contributed by atoms with Crippen molar-refractivity contribution in [3.8, 4) is 0 Å². The summed E-state index contributed by atoms with van der Waals surface area (Å²) in [5, 5.41) is 3.14. The fraction of sp³-hybridized carbons (Fsp3) is 0.238. The summed E-state index contributed by atoms with van der Waals surface area (Å²) in [5.41, 5.74) is 2.42. The fourth-order valence-corrected chi connectivity index (χ4v) is 3.19. The molecule has 2 aromatic rings. The minimum absolute atomic E-state index is 0.0379. The van der Waals surface area contributed by atoms with Crippen molar-refractivity contribution in [2.24, 2.45) is 10.9 Å². The van der Waals surface area contributed by atoms with Crippen LogP contribution in [-0.4, -0.2) is 23.1 Å². The van der Waals surface area contributed by atoms with E-state index >= 15 is 0 Å². The number of anilines is 1. The van der Waals surface area contributed by atoms with E-state index in [1.807, 2.05) is 24.3 Å². The fourth-order valence-electron chi connectivity index (χ4n) is 2.76. The molecule has 2 amide bonds. The standard InChI is InChI=1S/C21H20ClN3O2S/c1-21(2,3)13-4-8-15(9-5-13)23-12-17-18(26)24-20(28)25(19(17)27)16-10-6-14(22)7-11-16/h4-12,17H,1-3H3,(H,24,26,28)/t17-/m1/s1. The van der Waals surface area contributed by atoms with Crippen LogP contribution in [0.25, 0.3) is 0 Å². The highest BCUT2D eigenvalue weighted by Gasteiger charge is 2.38. The Morgan fingerprint density at radius 2 is 1.68 bits per heavy atom. The molecule has 0 unspecified atom stereocenters. The molecule has 144 valence electrons. The molecule has 7 heteroatoms. The maximum atomic E-state index is 12.9. The smallest absolute Gasteiger partial charge is 0.251 e. The third-order valence-electron chi connectivity index (χ3n) is 4.39. The van der Waals surface area contributed by atoms with Crippen LogP contribution in [0, 0.1) is 5.92 Å². The number of halogens is 1. The number of benzene rings is 2. The van der Waals surface area contributed by atoms with Gasteiger partial charge in [-0.1, -0.05) is 44.5 Å². The van der Waals surface area contributed by atoms with Crippen LogP contribution in [0.4, 0.5) is 11.4 Å². The van der Waals surface area contributed by atoms with Gasteiger partial charge in [0.25, 0.3) is 5.91 Å². The monoisotopic (exact) mass is 413 g/mol. The average molecular weight is 414 g/mol. The molecule has 0 radical (unpaired) electrons. The van der Waals surface area contributed by atoms with Crippen molar-refractivity contribution in [3.63, 3.8) is 0 Å². The number of aliphatic imine (C=N–C) groups is 1. The lowest BCUT2D eigenvalue weighted by Gasteiger charge is -2.30. The van der Waals surface area contributed by atoms with Gasteiger partial charge in [-0.2, -0.15) is 0 Å². The Hall–Kier alpha value is -2.57. The summed E-state index contributed by atoms with van der Waals surface area (Å²) in [6, 6.07) is 14.4. The van der Waals surface area contributed by atoms with Crippen molar-refractivity contribution in [2.75, 3.05) is 4.90 Å². The number of amides is 2. The first kappa shape index (κ1) is 20.2. The predicted octanol–water partition coefficient (Wildman–Crippen LogP) is 4.40. The first-order valence-electron chi connectivity index (χ1n) is 8.76. The summed E-state index contributed by atoms with van der Waals surface area (Å²) in [6.45, 7) is 6.39. The van der Waals surface area contributed by atoms with Crippen LogP contribution >= 0.6 is 23.8 Å². The van der Waals surface area contributed by atoms with Crippen LogP contribution in [-0.2, 0) is 15.0 Å². The van der Waals surface area contributed by atoms with Crippen molar-refractivity contribution in [3.05, 3.63) is 59.1 Å². The number of thiocarbonyl (C=S) groups is 1. The molecule has 3 rings (SSSR count). The van der Waals surface area contributed by atoms with Crippen molar-refractivity contribution >= 4 is 58.3 Å². The Labute approximate surface area is 174 Å². The van der Waals surface area contributed by atoms with Gasteiger partial charge in [-0.25, -0.2) is 0 Å². The summed E-state index contributed by atoms with van der Waals surface area (Å²) >= 11 is 11.1. The summed E-state index contributed by atoms with van der Waals surface area (Å²) < 4.78 is 0. The number of nitrogens with zero attached hydrogens (tertiary/aromatic N) is 2. The molecule has 1 saturated heterocycles. The van der Waals surface area contributed by atoms with Gasteiger partial charge in [-0.15, -0.1) is 0 Å². The normalized spacial score (nSPS) is 17.9. The summed E-state index contributed by atoms with van der Waals surface area (Å²) in [4.78, 5) is 30.8. The van der Waals surface area contributed by atoms with Crippen LogP contribution in [0.3, 0.4) is 0 Å². The lowest BCUT2D eigenvalue weighted by molar-refractivity contribution is -0.130. The number of hydrogen-bond donors (Lipinski definition) is 1. The van der Waals surface area contributed by atoms with Crippen LogP contribution in [0.15, 0.2) is 53.5 Å². The number of carbonyl (C=O) groups excluding carboxylic acids is 2. The molecule has 5 nitrogen and oxygen atoms in total. The molecular formula is C21H20ClN3O2S. The van der Waals surface area contributed by atoms with Crippen molar-refractivity contribution in [1.82, 2.24) is 5.32 Å². The van der Waals surface area contributed by atoms with Gasteiger partial charge in [0.2, 0.25) is 5.91 Å². The van der Waals surface area contributed by atoms with Gasteiger partial charge in [0.15, 0.2) is 11.0 Å². The first-order chi connectivity index (χ1) is 13.2. The van der Waals surface area contributed by atoms with Crippen LogP contribution in [0.5, 0.6) is 0 Å². The van der Waals surface area contributed by atoms with E-state index in [4.69, 9.17) is 23.8 Å². The van der Waals surface area contributed by atoms with Gasteiger partial charge < -0.3 is 5.32 Å². The number of carbonyl (C=O) groups is 2. The van der Waals surface area contributed by atoms with Gasteiger partial charge in [-0.3, -0.25) is 19.5 Å². The molecule has 28 heavy (non-hydrogen) atoms. The molecule has 0 aromatic heterocycles. The topological polar surface area (TPSA) is 61.8 Å². The minimum atomic E-state index is -1.07. The maximum Gasteiger partial charge on any atom is 0.251 e. The average Bonchev–Trinajstić information content (AvgIpc) is 2.62. The Morgan fingerprint density at radius 3 is 2.25 bits per heavy atom. The Kier molecular flexibility index (Phi) is 5.63. The highest BCUT2D eigenvalue weighted by molar-refractivity contribution is 7.80. The minimum Gasteiger partial charge on any atom is -0.301 e. The summed E-state index contributed by atoms with van der Waals surface area (Å²) in [7, 11) is 0. The van der Waals surface area contributed by atoms with E-state index in [1.165, 1.54) is 16.7 Å². The van der Waals surface area contributed by atoms with E-state index in [-0.39, 0.29) is 10.5 Å². The van der Waals surface area contributed by atoms with Gasteiger partial charge in [0.1, 0.15) is 0 Å². The van der Waals surface area contributed by atoms with E-state index in [2.05, 4.69) is 31.1 Å². The van der Waals surface area contributed by atoms with E-state index in [9.17, 15) is 9.59 Å². The third-order valence-corrected chi connectivity index (χ3v) is 4.93. The molecule has 2 aromatic carbocycles. The zero-order valence-electron chi connectivity index (χ0n) is 15.8. The van der Waals surface area contributed by atoms with Gasteiger partial charge in [0, 0.05) is 11.2 Å². The van der Waals surface area contributed by atoms with Gasteiger partial charge in [0.05, 0.1) is 11.4 Å².